The summed E-state index contributed by atoms with van der Waals surface area (Å²) in [5.41, 5.74) is 7.12. The second kappa shape index (κ2) is 7.14. The molecule has 0 aliphatic heterocycles. The van der Waals surface area contributed by atoms with Crippen molar-refractivity contribution >= 4 is 23.4 Å². The number of benzene rings is 2. The Morgan fingerprint density at radius 3 is 2.45 bits per heavy atom. The molecule has 0 amide bonds. The van der Waals surface area contributed by atoms with Crippen LogP contribution in [0.5, 0.6) is 0 Å². The maximum absolute atomic E-state index is 9.96. The van der Waals surface area contributed by atoms with Crippen molar-refractivity contribution in [2.24, 2.45) is 5.73 Å². The molecule has 4 heteroatoms. The van der Waals surface area contributed by atoms with E-state index in [0.717, 1.165) is 20.4 Å². The predicted octanol–water partition coefficient (Wildman–Crippen LogP) is 4.26. The standard InChI is InChI=1S/C16H18ClNOS/c1-2-14(19)16(18)13-5-3-4-6-15(13)20-12-9-7-11(17)8-10-12/h3-10,14,16,19H,2,18H2,1H3/t14-,16+/m0/s1. The first-order valence-corrected chi connectivity index (χ1v) is 7.77. The zero-order chi connectivity index (χ0) is 14.5. The lowest BCUT2D eigenvalue weighted by Gasteiger charge is -2.20. The molecule has 0 aliphatic rings. The van der Waals surface area contributed by atoms with Crippen LogP contribution in [0.1, 0.15) is 24.9 Å². The first kappa shape index (κ1) is 15.4. The molecule has 3 N–H and O–H groups in total. The largest absolute Gasteiger partial charge is 0.391 e. The summed E-state index contributed by atoms with van der Waals surface area (Å²) in [4.78, 5) is 2.16. The lowest BCUT2D eigenvalue weighted by Crippen LogP contribution is -2.25. The van der Waals surface area contributed by atoms with E-state index in [-0.39, 0.29) is 6.04 Å². The smallest absolute Gasteiger partial charge is 0.0730 e. The van der Waals surface area contributed by atoms with Gasteiger partial charge in [0.15, 0.2) is 0 Å². The molecule has 0 bridgehead atoms. The maximum Gasteiger partial charge on any atom is 0.0730 e. The van der Waals surface area contributed by atoms with Crippen LogP contribution in [0.25, 0.3) is 0 Å². The molecular formula is C16H18ClNOS. The number of aliphatic hydroxyl groups excluding tert-OH is 1. The first-order chi connectivity index (χ1) is 9.61. The van der Waals surface area contributed by atoms with Gasteiger partial charge in [-0.2, -0.15) is 0 Å². The van der Waals surface area contributed by atoms with Crippen molar-refractivity contribution in [1.29, 1.82) is 0 Å². The van der Waals surface area contributed by atoms with Crippen LogP contribution in [0.3, 0.4) is 0 Å². The fraction of sp³-hybridized carbons (Fsp3) is 0.250. The molecule has 0 spiro atoms. The van der Waals surface area contributed by atoms with E-state index >= 15 is 0 Å². The zero-order valence-corrected chi connectivity index (χ0v) is 12.9. The molecular weight excluding hydrogens is 290 g/mol. The number of aliphatic hydroxyl groups is 1. The molecule has 0 aliphatic carbocycles. The maximum atomic E-state index is 9.96. The average Bonchev–Trinajstić information content (AvgIpc) is 2.48. The van der Waals surface area contributed by atoms with Gasteiger partial charge in [0.1, 0.15) is 0 Å². The molecule has 0 fully saturated rings. The van der Waals surface area contributed by atoms with Crippen molar-refractivity contribution in [2.75, 3.05) is 0 Å². The van der Waals surface area contributed by atoms with Gasteiger partial charge in [-0.25, -0.2) is 0 Å². The highest BCUT2D eigenvalue weighted by Gasteiger charge is 2.18. The van der Waals surface area contributed by atoms with E-state index < -0.39 is 6.10 Å². The fourth-order valence-corrected chi connectivity index (χ4v) is 3.06. The Hall–Kier alpha value is -1.00. The minimum absolute atomic E-state index is 0.365. The molecule has 0 radical (unpaired) electrons. The van der Waals surface area contributed by atoms with Crippen molar-refractivity contribution in [3.8, 4) is 0 Å². The SMILES string of the molecule is CC[C@H](O)[C@H](N)c1ccccc1Sc1ccc(Cl)cc1. The second-order valence-electron chi connectivity index (χ2n) is 4.60. The van der Waals surface area contributed by atoms with E-state index in [1.54, 1.807) is 11.8 Å². The van der Waals surface area contributed by atoms with E-state index in [4.69, 9.17) is 17.3 Å². The lowest BCUT2D eigenvalue weighted by molar-refractivity contribution is 0.140. The number of nitrogens with two attached hydrogens (primary N) is 1. The summed E-state index contributed by atoms with van der Waals surface area (Å²) in [7, 11) is 0. The highest BCUT2D eigenvalue weighted by molar-refractivity contribution is 7.99. The van der Waals surface area contributed by atoms with Crippen molar-refractivity contribution in [3.63, 3.8) is 0 Å². The minimum atomic E-state index is -0.526. The van der Waals surface area contributed by atoms with E-state index in [9.17, 15) is 5.11 Å². The van der Waals surface area contributed by atoms with Crippen molar-refractivity contribution in [3.05, 3.63) is 59.1 Å². The Labute approximate surface area is 129 Å². The van der Waals surface area contributed by atoms with Gasteiger partial charge in [0.25, 0.3) is 0 Å². The van der Waals surface area contributed by atoms with Gasteiger partial charge in [-0.15, -0.1) is 0 Å². The third-order valence-corrected chi connectivity index (χ3v) is 4.50. The third-order valence-electron chi connectivity index (χ3n) is 3.15. The van der Waals surface area contributed by atoms with Gasteiger partial charge in [0, 0.05) is 14.8 Å². The molecule has 2 aromatic rings. The quantitative estimate of drug-likeness (QED) is 0.867. The first-order valence-electron chi connectivity index (χ1n) is 6.57. The third kappa shape index (κ3) is 3.76. The van der Waals surface area contributed by atoms with Gasteiger partial charge in [-0.1, -0.05) is 48.5 Å². The van der Waals surface area contributed by atoms with Gasteiger partial charge >= 0.3 is 0 Å². The van der Waals surface area contributed by atoms with Crippen molar-refractivity contribution in [2.45, 2.75) is 35.3 Å². The Balaban J connectivity index is 2.25. The molecule has 0 heterocycles. The minimum Gasteiger partial charge on any atom is -0.391 e. The van der Waals surface area contributed by atoms with Crippen LogP contribution in [0.15, 0.2) is 58.3 Å². The van der Waals surface area contributed by atoms with Crippen LogP contribution in [-0.2, 0) is 0 Å². The summed E-state index contributed by atoms with van der Waals surface area (Å²) in [5, 5.41) is 10.7. The van der Waals surface area contributed by atoms with Crippen LogP contribution < -0.4 is 5.73 Å². The Kier molecular flexibility index (Phi) is 5.49. The van der Waals surface area contributed by atoms with Crippen LogP contribution in [0.4, 0.5) is 0 Å². The number of rotatable bonds is 5. The second-order valence-corrected chi connectivity index (χ2v) is 6.15. The summed E-state index contributed by atoms with van der Waals surface area (Å²) in [6, 6.07) is 15.3. The summed E-state index contributed by atoms with van der Waals surface area (Å²) in [6.45, 7) is 1.93. The Morgan fingerprint density at radius 2 is 1.80 bits per heavy atom. The van der Waals surface area contributed by atoms with E-state index in [2.05, 4.69) is 0 Å². The molecule has 2 rings (SSSR count). The van der Waals surface area contributed by atoms with E-state index in [1.807, 2.05) is 55.5 Å². The molecule has 2 aromatic carbocycles. The topological polar surface area (TPSA) is 46.2 Å². The van der Waals surface area contributed by atoms with Gasteiger partial charge in [0.05, 0.1) is 12.1 Å². The molecule has 106 valence electrons. The van der Waals surface area contributed by atoms with Crippen molar-refractivity contribution in [1.82, 2.24) is 0 Å². The van der Waals surface area contributed by atoms with Gasteiger partial charge in [-0.05, 0) is 42.3 Å². The zero-order valence-electron chi connectivity index (χ0n) is 11.3. The molecule has 2 atom stereocenters. The number of hydrogen-bond donors (Lipinski definition) is 2. The summed E-state index contributed by atoms with van der Waals surface area (Å²) >= 11 is 7.52. The van der Waals surface area contributed by atoms with Crippen LogP contribution in [0, 0.1) is 0 Å². The van der Waals surface area contributed by atoms with Crippen molar-refractivity contribution < 1.29 is 5.11 Å². The van der Waals surface area contributed by atoms with Crippen LogP contribution in [-0.4, -0.2) is 11.2 Å². The van der Waals surface area contributed by atoms with Gasteiger partial charge in [-0.3, -0.25) is 0 Å². The molecule has 20 heavy (non-hydrogen) atoms. The molecule has 0 saturated heterocycles. The summed E-state index contributed by atoms with van der Waals surface area (Å²) in [5.74, 6) is 0. The van der Waals surface area contributed by atoms with Gasteiger partial charge < -0.3 is 10.8 Å². The average molecular weight is 308 g/mol. The Morgan fingerprint density at radius 1 is 1.15 bits per heavy atom. The summed E-state index contributed by atoms with van der Waals surface area (Å²) < 4.78 is 0. The number of hydrogen-bond acceptors (Lipinski definition) is 3. The van der Waals surface area contributed by atoms with E-state index in [0.29, 0.717) is 6.42 Å². The fourth-order valence-electron chi connectivity index (χ4n) is 1.94. The molecule has 2 nitrogen and oxygen atoms in total. The van der Waals surface area contributed by atoms with Gasteiger partial charge in [0.2, 0.25) is 0 Å². The predicted molar refractivity (Wildman–Crippen MR) is 85.2 cm³/mol. The highest BCUT2D eigenvalue weighted by atomic mass is 35.5. The lowest BCUT2D eigenvalue weighted by atomic mass is 10.0. The molecule has 0 aromatic heterocycles. The normalized spacial score (nSPS) is 14.0. The Bertz CT molecular complexity index is 559. The van der Waals surface area contributed by atoms with E-state index in [1.165, 1.54) is 0 Å². The number of halogens is 1. The summed E-state index contributed by atoms with van der Waals surface area (Å²) in [6.07, 6.45) is 0.114. The molecule has 0 saturated carbocycles. The highest BCUT2D eigenvalue weighted by Crippen LogP contribution is 2.34. The van der Waals surface area contributed by atoms with Crippen LogP contribution >= 0.6 is 23.4 Å². The molecule has 0 unspecified atom stereocenters. The monoisotopic (exact) mass is 307 g/mol. The van der Waals surface area contributed by atoms with Crippen LogP contribution in [0.2, 0.25) is 5.02 Å².